The monoisotopic (exact) mass is 440 g/mol. The number of ether oxygens (including phenoxy) is 2. The molecule has 166 valence electrons. The molecular formula is C21H29FN2O5S. The van der Waals surface area contributed by atoms with E-state index in [-0.39, 0.29) is 25.2 Å². The van der Waals surface area contributed by atoms with Gasteiger partial charge in [-0.2, -0.15) is 0 Å². The molecule has 3 heterocycles. The molecule has 30 heavy (non-hydrogen) atoms. The molecule has 0 radical (unpaired) electrons. The number of alkyl halides is 1. The molecule has 5 rings (SSSR count). The molecule has 1 N–H and O–H groups in total. The molecule has 3 aliphatic heterocycles. The van der Waals surface area contributed by atoms with Gasteiger partial charge < -0.3 is 14.4 Å². The molecule has 1 aromatic carbocycles. The lowest BCUT2D eigenvalue weighted by Gasteiger charge is -2.41. The maximum atomic E-state index is 13.0. The number of rotatable bonds is 3. The van der Waals surface area contributed by atoms with Gasteiger partial charge in [-0.25, -0.2) is 17.5 Å². The van der Waals surface area contributed by atoms with E-state index in [2.05, 4.69) is 10.8 Å². The second-order valence-electron chi connectivity index (χ2n) is 8.38. The van der Waals surface area contributed by atoms with Crippen LogP contribution in [0.4, 0.5) is 4.39 Å². The Balaban J connectivity index is 1.60. The van der Waals surface area contributed by atoms with Crippen LogP contribution in [0, 0.1) is 0 Å². The maximum absolute atomic E-state index is 13.0. The van der Waals surface area contributed by atoms with E-state index >= 15 is 0 Å². The normalized spacial score (nSPS) is 30.3. The topological polar surface area (TPSA) is 84.9 Å². The zero-order chi connectivity index (χ0) is 21.1. The highest BCUT2D eigenvalue weighted by atomic mass is 32.2. The van der Waals surface area contributed by atoms with E-state index < -0.39 is 28.1 Å². The van der Waals surface area contributed by atoms with E-state index in [0.717, 1.165) is 37.0 Å². The molecule has 2 atom stereocenters. The Bertz CT molecular complexity index is 857. The Kier molecular flexibility index (Phi) is 6.60. The molecule has 1 saturated heterocycles. The van der Waals surface area contributed by atoms with Crippen molar-refractivity contribution in [1.82, 2.24) is 9.62 Å². The molecular weight excluding hydrogens is 411 g/mol. The van der Waals surface area contributed by atoms with Crippen LogP contribution in [0.25, 0.3) is 0 Å². The number of para-hydroxylation sites is 1. The van der Waals surface area contributed by atoms with Crippen LogP contribution in [0.15, 0.2) is 24.3 Å². The van der Waals surface area contributed by atoms with Crippen molar-refractivity contribution in [3.63, 3.8) is 0 Å². The van der Waals surface area contributed by atoms with E-state index in [9.17, 15) is 17.6 Å². The van der Waals surface area contributed by atoms with Crippen LogP contribution in [0.1, 0.15) is 50.0 Å². The van der Waals surface area contributed by atoms with Crippen molar-refractivity contribution in [2.24, 2.45) is 0 Å². The molecule has 4 aliphatic rings. The van der Waals surface area contributed by atoms with Crippen LogP contribution >= 0.6 is 0 Å². The van der Waals surface area contributed by atoms with Crippen molar-refractivity contribution in [1.29, 1.82) is 0 Å². The van der Waals surface area contributed by atoms with Crippen LogP contribution < -0.4 is 9.46 Å². The third-order valence-corrected chi connectivity index (χ3v) is 7.41. The minimum absolute atomic E-state index is 0.0763. The number of nitrogens with one attached hydrogen (secondary N) is 1. The Hall–Kier alpha value is -1.71. The van der Waals surface area contributed by atoms with Gasteiger partial charge in [-0.1, -0.05) is 18.2 Å². The quantitative estimate of drug-likeness (QED) is 0.780. The summed E-state index contributed by atoms with van der Waals surface area (Å²) in [6.07, 6.45) is 5.00. The number of carbonyl (C=O) groups is 1. The smallest absolute Gasteiger partial charge is 0.260 e. The molecule has 0 aromatic heterocycles. The number of piperidine rings is 1. The molecule has 1 aliphatic carbocycles. The van der Waals surface area contributed by atoms with Gasteiger partial charge in [0.15, 0.2) is 6.61 Å². The summed E-state index contributed by atoms with van der Waals surface area (Å²) in [6.45, 7) is 0.610. The van der Waals surface area contributed by atoms with Crippen LogP contribution in [0.2, 0.25) is 0 Å². The summed E-state index contributed by atoms with van der Waals surface area (Å²) in [7, 11) is -4.04. The minimum Gasteiger partial charge on any atom is -0.483 e. The van der Waals surface area contributed by atoms with E-state index in [1.165, 1.54) is 0 Å². The summed E-state index contributed by atoms with van der Waals surface area (Å²) in [5, 5.41) is 0. The number of fused-ring (bicyclic) bond motifs is 5. The predicted molar refractivity (Wildman–Crippen MR) is 109 cm³/mol. The van der Waals surface area contributed by atoms with Crippen molar-refractivity contribution in [2.45, 2.75) is 62.6 Å². The van der Waals surface area contributed by atoms with Gasteiger partial charge in [0.2, 0.25) is 16.0 Å². The first kappa shape index (κ1) is 21.5. The number of hydrogen-bond donors (Lipinski definition) is 1. The van der Waals surface area contributed by atoms with Crippen molar-refractivity contribution >= 4 is 15.9 Å². The van der Waals surface area contributed by atoms with Crippen LogP contribution in [0.3, 0.4) is 0 Å². The van der Waals surface area contributed by atoms with Gasteiger partial charge in [0.05, 0.1) is 18.8 Å². The molecule has 7 nitrogen and oxygen atoms in total. The molecule has 9 heteroatoms. The average molecular weight is 441 g/mol. The van der Waals surface area contributed by atoms with Crippen molar-refractivity contribution in [2.75, 3.05) is 25.8 Å². The number of nitrogens with zero attached hydrogens (tertiary/aromatic N) is 1. The number of hydrogen-bond acceptors (Lipinski definition) is 5. The second kappa shape index (κ2) is 9.20. The Morgan fingerprint density at radius 1 is 1.13 bits per heavy atom. The van der Waals surface area contributed by atoms with Crippen molar-refractivity contribution in [3.05, 3.63) is 29.8 Å². The fraction of sp³-hybridized carbons (Fsp3) is 0.667. The van der Waals surface area contributed by atoms with E-state index in [0.29, 0.717) is 25.3 Å². The molecule has 1 saturated carbocycles. The van der Waals surface area contributed by atoms with E-state index in [1.807, 2.05) is 18.2 Å². The Morgan fingerprint density at radius 3 is 2.67 bits per heavy atom. The summed E-state index contributed by atoms with van der Waals surface area (Å²) in [4.78, 5) is 14.7. The lowest BCUT2D eigenvalue weighted by Crippen LogP contribution is -2.60. The highest BCUT2D eigenvalue weighted by Gasteiger charge is 2.38. The zero-order valence-corrected chi connectivity index (χ0v) is 17.8. The van der Waals surface area contributed by atoms with Gasteiger partial charge in [-0.3, -0.25) is 4.79 Å². The summed E-state index contributed by atoms with van der Waals surface area (Å²) >= 11 is 0. The van der Waals surface area contributed by atoms with Gasteiger partial charge in [0.1, 0.15) is 5.75 Å². The van der Waals surface area contributed by atoms with Crippen LogP contribution in [0.5, 0.6) is 5.75 Å². The molecule has 0 spiro atoms. The van der Waals surface area contributed by atoms with Crippen molar-refractivity contribution in [3.8, 4) is 5.75 Å². The van der Waals surface area contributed by atoms with Gasteiger partial charge in [-0.05, 0) is 56.1 Å². The largest absolute Gasteiger partial charge is 0.483 e. The number of benzene rings is 1. The SMILES string of the molecule is O=C1COc2ccccc2[C@H]2CC[C@H](CC2)OC[C@H]2[C@@H](NS(=O)(=O)CF)CCCN12. The van der Waals surface area contributed by atoms with Crippen LogP contribution in [-0.2, 0) is 19.6 Å². The Morgan fingerprint density at radius 2 is 1.90 bits per heavy atom. The van der Waals surface area contributed by atoms with Gasteiger partial charge in [0, 0.05) is 12.6 Å². The first-order valence-electron chi connectivity index (χ1n) is 10.7. The zero-order valence-electron chi connectivity index (χ0n) is 17.0. The molecule has 1 aromatic rings. The first-order valence-corrected chi connectivity index (χ1v) is 12.3. The number of carbonyl (C=O) groups excluding carboxylic acids is 1. The number of sulfonamides is 1. The fourth-order valence-electron chi connectivity index (χ4n) is 4.92. The number of halogens is 1. The van der Waals surface area contributed by atoms with E-state index in [1.54, 1.807) is 4.90 Å². The third-order valence-electron chi connectivity index (χ3n) is 6.46. The van der Waals surface area contributed by atoms with Crippen molar-refractivity contribution < 1.29 is 27.1 Å². The van der Waals surface area contributed by atoms with Crippen LogP contribution in [-0.4, -0.2) is 63.2 Å². The molecule has 0 unspecified atom stereocenters. The molecule has 2 bridgehead atoms. The average Bonchev–Trinajstić information content (AvgIpc) is 2.78. The molecule has 2 fully saturated rings. The predicted octanol–water partition coefficient (Wildman–Crippen LogP) is 2.33. The summed E-state index contributed by atoms with van der Waals surface area (Å²) in [6, 6.07) is 5.33. The second-order valence-corrected chi connectivity index (χ2v) is 10.1. The van der Waals surface area contributed by atoms with Gasteiger partial charge in [-0.15, -0.1) is 0 Å². The summed E-state index contributed by atoms with van der Waals surface area (Å²) in [5.74, 6) is 0.899. The van der Waals surface area contributed by atoms with Gasteiger partial charge in [0.25, 0.3) is 5.91 Å². The number of amides is 1. The fourth-order valence-corrected chi connectivity index (χ4v) is 5.72. The highest BCUT2D eigenvalue weighted by molar-refractivity contribution is 7.89. The van der Waals surface area contributed by atoms with Gasteiger partial charge >= 0.3 is 0 Å². The lowest BCUT2D eigenvalue weighted by molar-refractivity contribution is -0.140. The maximum Gasteiger partial charge on any atom is 0.260 e. The third kappa shape index (κ3) is 4.78. The highest BCUT2D eigenvalue weighted by Crippen LogP contribution is 2.38. The first-order chi connectivity index (χ1) is 14.5. The Labute approximate surface area is 177 Å². The van der Waals surface area contributed by atoms with E-state index in [4.69, 9.17) is 9.47 Å². The summed E-state index contributed by atoms with van der Waals surface area (Å²) in [5.41, 5.74) is 1.13. The lowest BCUT2D eigenvalue weighted by atomic mass is 9.82. The standard InChI is InChI=1S/C21H29FN2O5S/c22-14-30(26,27)23-18-5-3-11-24-19(18)12-28-16-9-7-15(8-10-16)17-4-1-2-6-20(17)29-13-21(24)25/h1-2,4,6,15-16,18-19,23H,3,5,7-14H2/t15-,16+,18-,19-/m0/s1. The minimum atomic E-state index is -4.04. The summed E-state index contributed by atoms with van der Waals surface area (Å²) < 4.78 is 51.2. The molecule has 1 amide bonds.